The van der Waals surface area contributed by atoms with Crippen LogP contribution in [0, 0.1) is 5.92 Å². The highest BCUT2D eigenvalue weighted by atomic mass is 19.4. The number of allylic oxidation sites excluding steroid dienone is 2. The smallest absolute Gasteiger partial charge is 0.311 e. The van der Waals surface area contributed by atoms with Gasteiger partial charge in [-0.3, -0.25) is 10.1 Å². The number of rotatable bonds is 3. The molecule has 1 amide bonds. The summed E-state index contributed by atoms with van der Waals surface area (Å²) in [7, 11) is 0. The third-order valence-corrected chi connectivity index (χ3v) is 5.19. The summed E-state index contributed by atoms with van der Waals surface area (Å²) in [5.74, 6) is -5.74. The molecule has 4 nitrogen and oxygen atoms in total. The van der Waals surface area contributed by atoms with E-state index in [1.54, 1.807) is 0 Å². The molecule has 2 aliphatic carbocycles. The summed E-state index contributed by atoms with van der Waals surface area (Å²) in [5.41, 5.74) is -0.803. The number of hydrogen-bond acceptors (Lipinski definition) is 3. The van der Waals surface area contributed by atoms with E-state index in [9.17, 15) is 44.3 Å². The molecule has 0 spiro atoms. The molecule has 1 fully saturated rings. The first-order valence-corrected chi connectivity index (χ1v) is 8.97. The molecule has 1 aliphatic heterocycles. The van der Waals surface area contributed by atoms with Gasteiger partial charge in [-0.15, -0.1) is 0 Å². The van der Waals surface area contributed by atoms with E-state index in [1.807, 2.05) is 5.32 Å². The molecule has 0 bridgehead atoms. The standard InChI is InChI=1S/C17H16F9N3O/c18-15(19,20)8-4-5-10-11(6-8)29(9-2-1-3-9)14(27-10)28-13(30)7-12(16(21,22)23)17(24,25)26/h4,6,9-10,12H,1-3,5,7H2,(H,27,28,30). The van der Waals surface area contributed by atoms with E-state index in [4.69, 9.17) is 0 Å². The summed E-state index contributed by atoms with van der Waals surface area (Å²) in [6.45, 7) is 0. The molecule has 3 aliphatic rings. The zero-order valence-electron chi connectivity index (χ0n) is 15.1. The van der Waals surface area contributed by atoms with Crippen molar-refractivity contribution in [1.29, 1.82) is 0 Å². The molecule has 0 radical (unpaired) electrons. The third kappa shape index (κ3) is 4.59. The minimum absolute atomic E-state index is 0.119. The molecule has 3 rings (SSSR count). The van der Waals surface area contributed by atoms with Crippen molar-refractivity contribution in [3.63, 3.8) is 0 Å². The number of halogens is 9. The lowest BCUT2D eigenvalue weighted by Crippen LogP contribution is -2.50. The van der Waals surface area contributed by atoms with Crippen LogP contribution in [0.2, 0.25) is 0 Å². The minimum Gasteiger partial charge on any atom is -0.311 e. The number of carbonyl (C=O) groups excluding carboxylic acids is 1. The number of nitrogens with one attached hydrogen (secondary N) is 1. The van der Waals surface area contributed by atoms with Crippen LogP contribution in [0.5, 0.6) is 0 Å². The van der Waals surface area contributed by atoms with Crippen molar-refractivity contribution < 1.29 is 44.3 Å². The van der Waals surface area contributed by atoms with Gasteiger partial charge in [-0.05, 0) is 31.8 Å². The highest BCUT2D eigenvalue weighted by Gasteiger charge is 2.57. The van der Waals surface area contributed by atoms with E-state index in [-0.39, 0.29) is 24.1 Å². The van der Waals surface area contributed by atoms with Crippen LogP contribution in [-0.2, 0) is 4.79 Å². The molecular weight excluding hydrogens is 433 g/mol. The maximum absolute atomic E-state index is 13.0. The average Bonchev–Trinajstić information content (AvgIpc) is 2.85. The zero-order valence-corrected chi connectivity index (χ0v) is 15.1. The summed E-state index contributed by atoms with van der Waals surface area (Å²) in [4.78, 5) is 17.3. The van der Waals surface area contributed by atoms with Crippen LogP contribution in [-0.4, -0.2) is 47.4 Å². The summed E-state index contributed by atoms with van der Waals surface area (Å²) >= 11 is 0. The Balaban J connectivity index is 1.80. The number of aliphatic imine (C=N–C) groups is 1. The molecule has 13 heteroatoms. The molecule has 168 valence electrons. The largest absolute Gasteiger partial charge is 0.416 e. The molecule has 0 aromatic rings. The van der Waals surface area contributed by atoms with Gasteiger partial charge in [-0.2, -0.15) is 39.5 Å². The first kappa shape index (κ1) is 22.5. The second kappa shape index (κ2) is 7.49. The number of fused-ring (bicyclic) bond motifs is 1. The van der Waals surface area contributed by atoms with Crippen LogP contribution in [0.3, 0.4) is 0 Å². The van der Waals surface area contributed by atoms with Crippen LogP contribution < -0.4 is 5.32 Å². The Kier molecular flexibility index (Phi) is 5.61. The van der Waals surface area contributed by atoms with Crippen molar-refractivity contribution in [3.8, 4) is 0 Å². The Hall–Kier alpha value is -2.21. The topological polar surface area (TPSA) is 44.7 Å². The number of carbonyl (C=O) groups is 1. The maximum Gasteiger partial charge on any atom is 0.416 e. The van der Waals surface area contributed by atoms with Crippen LogP contribution in [0.15, 0.2) is 28.4 Å². The third-order valence-electron chi connectivity index (χ3n) is 5.19. The fourth-order valence-corrected chi connectivity index (χ4v) is 3.45. The predicted molar refractivity (Wildman–Crippen MR) is 85.9 cm³/mol. The van der Waals surface area contributed by atoms with Crippen molar-refractivity contribution in [2.45, 2.75) is 62.7 Å². The number of amides is 1. The predicted octanol–water partition coefficient (Wildman–Crippen LogP) is 4.60. The summed E-state index contributed by atoms with van der Waals surface area (Å²) in [6, 6.07) is -1.14. The highest BCUT2D eigenvalue weighted by molar-refractivity contribution is 5.99. The van der Waals surface area contributed by atoms with Gasteiger partial charge in [-0.1, -0.05) is 6.08 Å². The Morgan fingerprint density at radius 1 is 1.10 bits per heavy atom. The molecule has 1 N–H and O–H groups in total. The molecule has 30 heavy (non-hydrogen) atoms. The van der Waals surface area contributed by atoms with Gasteiger partial charge in [0.15, 0.2) is 5.92 Å². The SMILES string of the molecule is O=C(CC(C(F)(F)F)C(F)(F)F)NC1=NC2CC=C(C(F)(F)F)C=C2N1C1CCC1. The first-order chi connectivity index (χ1) is 13.7. The van der Waals surface area contributed by atoms with Crippen molar-refractivity contribution in [3.05, 3.63) is 23.4 Å². The van der Waals surface area contributed by atoms with E-state index in [0.717, 1.165) is 18.6 Å². The van der Waals surface area contributed by atoms with Crippen LogP contribution in [0.4, 0.5) is 39.5 Å². The Labute approximate surface area is 164 Å². The summed E-state index contributed by atoms with van der Waals surface area (Å²) in [6.07, 6.45) is -14.5. The fourth-order valence-electron chi connectivity index (χ4n) is 3.45. The van der Waals surface area contributed by atoms with Crippen molar-refractivity contribution in [2.24, 2.45) is 10.9 Å². The van der Waals surface area contributed by atoms with Crippen molar-refractivity contribution >= 4 is 11.9 Å². The van der Waals surface area contributed by atoms with Crippen LogP contribution in [0.1, 0.15) is 32.1 Å². The highest BCUT2D eigenvalue weighted by Crippen LogP contribution is 2.42. The van der Waals surface area contributed by atoms with E-state index in [2.05, 4.69) is 4.99 Å². The summed E-state index contributed by atoms with van der Waals surface area (Å²) < 4.78 is 115. The van der Waals surface area contributed by atoms with Crippen molar-refractivity contribution in [1.82, 2.24) is 10.2 Å². The Bertz CT molecular complexity index is 774. The molecule has 1 heterocycles. The zero-order chi connectivity index (χ0) is 22.5. The average molecular weight is 449 g/mol. The molecule has 0 aromatic carbocycles. The molecule has 1 atom stereocenters. The summed E-state index contributed by atoms with van der Waals surface area (Å²) in [5, 5.41) is 1.95. The molecule has 0 saturated heterocycles. The lowest BCUT2D eigenvalue weighted by atomic mass is 9.89. The van der Waals surface area contributed by atoms with Gasteiger partial charge in [0.1, 0.15) is 0 Å². The lowest BCUT2D eigenvalue weighted by molar-refractivity contribution is -0.284. The van der Waals surface area contributed by atoms with E-state index in [0.29, 0.717) is 12.8 Å². The maximum atomic E-state index is 13.0. The molecule has 0 aromatic heterocycles. The number of hydrogen-bond donors (Lipinski definition) is 1. The van der Waals surface area contributed by atoms with Crippen molar-refractivity contribution in [2.75, 3.05) is 0 Å². The van der Waals surface area contributed by atoms with Gasteiger partial charge >= 0.3 is 18.5 Å². The molecule has 1 unspecified atom stereocenters. The van der Waals surface area contributed by atoms with Crippen LogP contribution >= 0.6 is 0 Å². The van der Waals surface area contributed by atoms with E-state index >= 15 is 0 Å². The van der Waals surface area contributed by atoms with Gasteiger partial charge in [0.05, 0.1) is 11.6 Å². The second-order valence-corrected chi connectivity index (χ2v) is 7.27. The normalized spacial score (nSPS) is 22.9. The molecular formula is C17H16F9N3O. The number of guanidine groups is 1. The molecule has 1 saturated carbocycles. The van der Waals surface area contributed by atoms with Gasteiger partial charge in [0.25, 0.3) is 0 Å². The fraction of sp³-hybridized carbons (Fsp3) is 0.647. The Morgan fingerprint density at radius 3 is 2.17 bits per heavy atom. The monoisotopic (exact) mass is 449 g/mol. The van der Waals surface area contributed by atoms with E-state index in [1.165, 1.54) is 4.90 Å². The lowest BCUT2D eigenvalue weighted by Gasteiger charge is -2.38. The van der Waals surface area contributed by atoms with E-state index < -0.39 is 48.4 Å². The second-order valence-electron chi connectivity index (χ2n) is 7.27. The van der Waals surface area contributed by atoms with Crippen LogP contribution in [0.25, 0.3) is 0 Å². The first-order valence-electron chi connectivity index (χ1n) is 8.97. The Morgan fingerprint density at radius 2 is 1.70 bits per heavy atom. The minimum atomic E-state index is -5.68. The quantitative estimate of drug-likeness (QED) is 0.641. The van der Waals surface area contributed by atoms with Gasteiger partial charge in [0, 0.05) is 18.2 Å². The van der Waals surface area contributed by atoms with Gasteiger partial charge in [-0.25, -0.2) is 4.99 Å². The number of alkyl halides is 9. The number of nitrogens with zero attached hydrogens (tertiary/aromatic N) is 2. The van der Waals surface area contributed by atoms with Gasteiger partial charge in [0.2, 0.25) is 11.9 Å². The van der Waals surface area contributed by atoms with Gasteiger partial charge < -0.3 is 4.90 Å².